The van der Waals surface area contributed by atoms with Crippen molar-refractivity contribution in [2.75, 3.05) is 34.3 Å². The molecule has 0 bridgehead atoms. The van der Waals surface area contributed by atoms with Crippen molar-refractivity contribution in [3.05, 3.63) is 75.0 Å². The van der Waals surface area contributed by atoms with Gasteiger partial charge in [-0.3, -0.25) is 24.2 Å². The zero-order valence-corrected chi connectivity index (χ0v) is 25.1. The summed E-state index contributed by atoms with van der Waals surface area (Å²) in [7, 11) is 7.74. The lowest BCUT2D eigenvalue weighted by molar-refractivity contribution is 0.0948. The number of rotatable bonds is 8. The minimum absolute atomic E-state index is 0.104. The lowest BCUT2D eigenvalue weighted by Gasteiger charge is -2.39. The standard InChI is InChI=1S/C31H41N7O3/c1-19-16-28(41-7)34-31(40)25(19)18-32-30(39)24-17-27-23(26-8-12-33-36(26)6)11-15-38(27)29(20(24)2)21(3)37-13-9-22(10-14-37)35(4)5/h8,11-12,15-17,21-22H,9-10,13-14,18H2,1-7H3,(H,32,39)(H,34,40). The summed E-state index contributed by atoms with van der Waals surface area (Å²) in [4.78, 5) is 34.0. The first kappa shape index (κ1) is 28.6. The molecule has 0 spiro atoms. The number of methoxy groups -OCH3 is 1. The van der Waals surface area contributed by atoms with Gasteiger partial charge in [-0.05, 0) is 77.0 Å². The molecule has 218 valence electrons. The molecule has 10 nitrogen and oxygen atoms in total. The average Bonchev–Trinajstić information content (AvgIpc) is 3.56. The van der Waals surface area contributed by atoms with E-state index in [1.165, 1.54) is 7.11 Å². The Balaban J connectivity index is 1.54. The molecule has 1 atom stereocenters. The molecule has 1 amide bonds. The number of ether oxygens (including phenoxy) is 1. The van der Waals surface area contributed by atoms with Gasteiger partial charge in [0, 0.05) is 79.6 Å². The van der Waals surface area contributed by atoms with Gasteiger partial charge in [0.1, 0.15) is 0 Å². The number of amides is 1. The third kappa shape index (κ3) is 5.41. The van der Waals surface area contributed by atoms with Gasteiger partial charge in [-0.2, -0.15) is 5.10 Å². The number of carbonyl (C=O) groups is 1. The highest BCUT2D eigenvalue weighted by Gasteiger charge is 2.29. The van der Waals surface area contributed by atoms with Gasteiger partial charge in [-0.15, -0.1) is 0 Å². The van der Waals surface area contributed by atoms with Crippen LogP contribution in [0.2, 0.25) is 0 Å². The van der Waals surface area contributed by atoms with Crippen LogP contribution in [0.15, 0.2) is 41.5 Å². The number of aryl methyl sites for hydroxylation is 2. The SMILES string of the molecule is COc1cc(C)c(CNC(=O)c2cc3c(-c4ccnn4C)ccn3c(C(C)N3CCC(N(C)C)CC3)c2C)c(=O)[nH]1. The van der Waals surface area contributed by atoms with Crippen LogP contribution in [0.3, 0.4) is 0 Å². The van der Waals surface area contributed by atoms with E-state index in [1.807, 2.05) is 37.7 Å². The summed E-state index contributed by atoms with van der Waals surface area (Å²) in [6.07, 6.45) is 6.11. The Kier molecular flexibility index (Phi) is 8.06. The number of fused-ring (bicyclic) bond motifs is 1. The summed E-state index contributed by atoms with van der Waals surface area (Å²) in [5.41, 5.74) is 6.59. The summed E-state index contributed by atoms with van der Waals surface area (Å²) in [6, 6.07) is 8.51. The second-order valence-electron chi connectivity index (χ2n) is 11.3. The average molecular weight is 560 g/mol. The van der Waals surface area contributed by atoms with E-state index in [2.05, 4.69) is 62.9 Å². The second-order valence-corrected chi connectivity index (χ2v) is 11.3. The van der Waals surface area contributed by atoms with Crippen molar-refractivity contribution in [1.82, 2.24) is 34.3 Å². The Morgan fingerprint density at radius 1 is 1.22 bits per heavy atom. The van der Waals surface area contributed by atoms with E-state index >= 15 is 0 Å². The molecule has 10 heteroatoms. The van der Waals surface area contributed by atoms with Crippen LogP contribution < -0.4 is 15.6 Å². The Hall–Kier alpha value is -3.89. The number of nitrogens with one attached hydrogen (secondary N) is 2. The Morgan fingerprint density at radius 3 is 2.56 bits per heavy atom. The number of aromatic amines is 1. The van der Waals surface area contributed by atoms with Crippen molar-refractivity contribution >= 4 is 11.4 Å². The molecular formula is C31H41N7O3. The number of hydrogen-bond donors (Lipinski definition) is 2. The first-order valence-corrected chi connectivity index (χ1v) is 14.2. The van der Waals surface area contributed by atoms with Gasteiger partial charge in [-0.1, -0.05) is 0 Å². The Labute approximate surface area is 240 Å². The Bertz CT molecular complexity index is 1620. The first-order valence-electron chi connectivity index (χ1n) is 14.2. The van der Waals surface area contributed by atoms with Crippen molar-refractivity contribution in [1.29, 1.82) is 0 Å². The molecule has 2 N–H and O–H groups in total. The van der Waals surface area contributed by atoms with E-state index in [0.29, 0.717) is 23.0 Å². The molecule has 1 aliphatic heterocycles. The maximum atomic E-state index is 13.8. The maximum Gasteiger partial charge on any atom is 0.255 e. The Morgan fingerprint density at radius 2 is 1.95 bits per heavy atom. The highest BCUT2D eigenvalue weighted by Crippen LogP contribution is 2.34. The molecule has 0 aromatic carbocycles. The van der Waals surface area contributed by atoms with Crippen molar-refractivity contribution in [3.8, 4) is 17.1 Å². The van der Waals surface area contributed by atoms with Crippen molar-refractivity contribution in [2.45, 2.75) is 52.2 Å². The number of aromatic nitrogens is 4. The molecule has 0 saturated carbocycles. The zero-order valence-electron chi connectivity index (χ0n) is 25.1. The van der Waals surface area contributed by atoms with Crippen LogP contribution >= 0.6 is 0 Å². The summed E-state index contributed by atoms with van der Waals surface area (Å²) >= 11 is 0. The van der Waals surface area contributed by atoms with Gasteiger partial charge in [0.2, 0.25) is 0 Å². The van der Waals surface area contributed by atoms with Crippen LogP contribution in [-0.4, -0.2) is 75.2 Å². The highest BCUT2D eigenvalue weighted by atomic mass is 16.5. The van der Waals surface area contributed by atoms with Crippen LogP contribution in [0.25, 0.3) is 16.8 Å². The third-order valence-electron chi connectivity index (χ3n) is 8.75. The summed E-state index contributed by atoms with van der Waals surface area (Å²) in [5.74, 6) is 0.185. The fraction of sp³-hybridized carbons (Fsp3) is 0.452. The van der Waals surface area contributed by atoms with Crippen LogP contribution in [0.1, 0.15) is 58.5 Å². The van der Waals surface area contributed by atoms with Crippen LogP contribution in [-0.2, 0) is 13.6 Å². The molecular weight excluding hydrogens is 518 g/mol. The smallest absolute Gasteiger partial charge is 0.255 e. The van der Waals surface area contributed by atoms with Crippen LogP contribution in [0, 0.1) is 13.8 Å². The fourth-order valence-corrected chi connectivity index (χ4v) is 6.21. The number of H-pyrrole nitrogens is 1. The minimum atomic E-state index is -0.269. The number of nitrogens with zero attached hydrogens (tertiary/aromatic N) is 5. The number of piperidine rings is 1. The first-order chi connectivity index (χ1) is 19.6. The highest BCUT2D eigenvalue weighted by molar-refractivity contribution is 5.98. The fourth-order valence-electron chi connectivity index (χ4n) is 6.21. The molecule has 4 aromatic heterocycles. The molecule has 41 heavy (non-hydrogen) atoms. The van der Waals surface area contributed by atoms with Gasteiger partial charge < -0.3 is 19.4 Å². The van der Waals surface area contributed by atoms with E-state index in [-0.39, 0.29) is 24.1 Å². The monoisotopic (exact) mass is 559 g/mol. The van der Waals surface area contributed by atoms with E-state index in [0.717, 1.165) is 59.5 Å². The van der Waals surface area contributed by atoms with Crippen molar-refractivity contribution in [2.24, 2.45) is 7.05 Å². The van der Waals surface area contributed by atoms with Crippen molar-refractivity contribution < 1.29 is 9.53 Å². The summed E-state index contributed by atoms with van der Waals surface area (Å²) in [5, 5.41) is 7.39. The van der Waals surface area contributed by atoms with Crippen LogP contribution in [0.5, 0.6) is 5.88 Å². The molecule has 1 aliphatic rings. The van der Waals surface area contributed by atoms with Gasteiger partial charge >= 0.3 is 0 Å². The summed E-state index contributed by atoms with van der Waals surface area (Å²) in [6.45, 7) is 8.22. The van der Waals surface area contributed by atoms with Gasteiger partial charge in [-0.25, -0.2) is 0 Å². The van der Waals surface area contributed by atoms with Crippen LogP contribution in [0.4, 0.5) is 0 Å². The van der Waals surface area contributed by atoms with E-state index in [1.54, 1.807) is 12.3 Å². The zero-order chi connectivity index (χ0) is 29.4. The number of carbonyl (C=O) groups excluding carboxylic acids is 1. The normalized spacial score (nSPS) is 15.5. The van der Waals surface area contributed by atoms with Crippen molar-refractivity contribution in [3.63, 3.8) is 0 Å². The largest absolute Gasteiger partial charge is 0.482 e. The minimum Gasteiger partial charge on any atom is -0.482 e. The van der Waals surface area contributed by atoms with E-state index in [4.69, 9.17) is 4.74 Å². The number of hydrogen-bond acceptors (Lipinski definition) is 6. The molecule has 5 rings (SSSR count). The molecule has 0 radical (unpaired) electrons. The predicted octanol–water partition coefficient (Wildman–Crippen LogP) is 3.67. The van der Waals surface area contributed by atoms with E-state index < -0.39 is 0 Å². The molecule has 1 saturated heterocycles. The maximum absolute atomic E-state index is 13.8. The number of likely N-dealkylation sites (tertiary alicyclic amines) is 1. The van der Waals surface area contributed by atoms with Gasteiger partial charge in [0.05, 0.1) is 18.3 Å². The lowest BCUT2D eigenvalue weighted by Crippen LogP contribution is -2.43. The van der Waals surface area contributed by atoms with Gasteiger partial charge in [0.25, 0.3) is 11.5 Å². The molecule has 4 aromatic rings. The number of pyridine rings is 2. The predicted molar refractivity (Wildman–Crippen MR) is 161 cm³/mol. The molecule has 0 aliphatic carbocycles. The quantitative estimate of drug-likeness (QED) is 0.342. The lowest BCUT2D eigenvalue weighted by atomic mass is 9.97. The molecule has 1 unspecified atom stereocenters. The van der Waals surface area contributed by atoms with Gasteiger partial charge in [0.15, 0.2) is 5.88 Å². The summed E-state index contributed by atoms with van der Waals surface area (Å²) < 4.78 is 9.25. The topological polar surface area (TPSA) is 99.9 Å². The molecule has 1 fully saturated rings. The third-order valence-corrected chi connectivity index (χ3v) is 8.75. The molecule has 5 heterocycles. The van der Waals surface area contributed by atoms with E-state index in [9.17, 15) is 9.59 Å². The second kappa shape index (κ2) is 11.5.